The van der Waals surface area contributed by atoms with Gasteiger partial charge in [0.2, 0.25) is 0 Å². The van der Waals surface area contributed by atoms with Crippen molar-refractivity contribution in [1.29, 1.82) is 0 Å². The van der Waals surface area contributed by atoms with Gasteiger partial charge in [-0.25, -0.2) is 0 Å². The Morgan fingerprint density at radius 3 is 2.53 bits per heavy atom. The standard InChI is InChI=1S/C15H23NO3/c1-2-19-14(18)15(12-16,10-6-7-11-17)13-8-4-3-5-9-13/h3-5,8-9,17H,2,6-7,10-12,16H2,1H3. The maximum Gasteiger partial charge on any atom is 0.317 e. The highest BCUT2D eigenvalue weighted by molar-refractivity contribution is 5.83. The second kappa shape index (κ2) is 7.92. The van der Waals surface area contributed by atoms with E-state index in [4.69, 9.17) is 15.6 Å². The van der Waals surface area contributed by atoms with Gasteiger partial charge in [-0.1, -0.05) is 30.3 Å². The first-order valence-corrected chi connectivity index (χ1v) is 6.75. The van der Waals surface area contributed by atoms with Crippen LogP contribution in [0.1, 0.15) is 31.7 Å². The first-order chi connectivity index (χ1) is 9.21. The smallest absolute Gasteiger partial charge is 0.317 e. The number of benzene rings is 1. The van der Waals surface area contributed by atoms with E-state index in [1.807, 2.05) is 30.3 Å². The molecule has 0 fully saturated rings. The lowest BCUT2D eigenvalue weighted by Gasteiger charge is -2.30. The molecule has 1 aromatic carbocycles. The Bertz CT molecular complexity index is 380. The molecule has 1 rings (SSSR count). The fraction of sp³-hybridized carbons (Fsp3) is 0.533. The van der Waals surface area contributed by atoms with Crippen LogP contribution in [0.15, 0.2) is 30.3 Å². The van der Waals surface area contributed by atoms with Gasteiger partial charge in [0.1, 0.15) is 5.41 Å². The Balaban J connectivity index is 3.02. The number of rotatable bonds is 8. The Hall–Kier alpha value is -1.39. The van der Waals surface area contributed by atoms with Gasteiger partial charge in [-0.05, 0) is 31.7 Å². The number of unbranched alkanes of at least 4 members (excludes halogenated alkanes) is 1. The van der Waals surface area contributed by atoms with Crippen LogP contribution in [-0.2, 0) is 14.9 Å². The first-order valence-electron chi connectivity index (χ1n) is 6.75. The third-order valence-corrected chi connectivity index (χ3v) is 3.35. The summed E-state index contributed by atoms with van der Waals surface area (Å²) in [6.07, 6.45) is 1.99. The number of aliphatic hydroxyl groups is 1. The molecule has 1 unspecified atom stereocenters. The minimum Gasteiger partial charge on any atom is -0.465 e. The van der Waals surface area contributed by atoms with Crippen LogP contribution in [0.5, 0.6) is 0 Å². The SMILES string of the molecule is CCOC(=O)C(CN)(CCCCO)c1ccccc1. The molecule has 106 valence electrons. The van der Waals surface area contributed by atoms with Gasteiger partial charge in [0.15, 0.2) is 0 Å². The van der Waals surface area contributed by atoms with Crippen LogP contribution in [-0.4, -0.2) is 30.8 Å². The number of ether oxygens (including phenoxy) is 1. The number of esters is 1. The lowest BCUT2D eigenvalue weighted by atomic mass is 9.76. The van der Waals surface area contributed by atoms with Crippen molar-refractivity contribution < 1.29 is 14.6 Å². The van der Waals surface area contributed by atoms with Crippen LogP contribution in [0, 0.1) is 0 Å². The molecule has 0 radical (unpaired) electrons. The average Bonchev–Trinajstić information content (AvgIpc) is 2.45. The Kier molecular flexibility index (Phi) is 6.53. The molecular weight excluding hydrogens is 242 g/mol. The maximum absolute atomic E-state index is 12.3. The van der Waals surface area contributed by atoms with Crippen molar-refractivity contribution in [3.05, 3.63) is 35.9 Å². The summed E-state index contributed by atoms with van der Waals surface area (Å²) in [5.41, 5.74) is 5.97. The highest BCUT2D eigenvalue weighted by atomic mass is 16.5. The number of carbonyl (C=O) groups is 1. The zero-order valence-corrected chi connectivity index (χ0v) is 11.5. The summed E-state index contributed by atoms with van der Waals surface area (Å²) in [4.78, 5) is 12.3. The summed E-state index contributed by atoms with van der Waals surface area (Å²) < 4.78 is 5.20. The number of hydrogen-bond acceptors (Lipinski definition) is 4. The van der Waals surface area contributed by atoms with Gasteiger partial charge in [-0.2, -0.15) is 0 Å². The van der Waals surface area contributed by atoms with Gasteiger partial charge in [0.25, 0.3) is 0 Å². The van der Waals surface area contributed by atoms with E-state index >= 15 is 0 Å². The highest BCUT2D eigenvalue weighted by Gasteiger charge is 2.39. The van der Waals surface area contributed by atoms with Crippen molar-refractivity contribution in [2.24, 2.45) is 5.73 Å². The van der Waals surface area contributed by atoms with E-state index in [-0.39, 0.29) is 19.1 Å². The quantitative estimate of drug-likeness (QED) is 0.553. The monoisotopic (exact) mass is 265 g/mol. The van der Waals surface area contributed by atoms with Crippen molar-refractivity contribution in [2.45, 2.75) is 31.6 Å². The fourth-order valence-electron chi connectivity index (χ4n) is 2.23. The molecule has 1 atom stereocenters. The Morgan fingerprint density at radius 1 is 1.32 bits per heavy atom. The lowest BCUT2D eigenvalue weighted by Crippen LogP contribution is -2.44. The van der Waals surface area contributed by atoms with E-state index in [2.05, 4.69) is 0 Å². The molecule has 0 spiro atoms. The second-order valence-corrected chi connectivity index (χ2v) is 4.55. The van der Waals surface area contributed by atoms with Crippen LogP contribution < -0.4 is 5.73 Å². The van der Waals surface area contributed by atoms with Crippen molar-refractivity contribution in [1.82, 2.24) is 0 Å². The topological polar surface area (TPSA) is 72.5 Å². The van der Waals surface area contributed by atoms with E-state index in [0.29, 0.717) is 19.4 Å². The van der Waals surface area contributed by atoms with Gasteiger partial charge in [0, 0.05) is 13.2 Å². The molecule has 0 saturated heterocycles. The first kappa shape index (κ1) is 15.7. The van der Waals surface area contributed by atoms with Gasteiger partial charge >= 0.3 is 5.97 Å². The third-order valence-electron chi connectivity index (χ3n) is 3.35. The highest BCUT2D eigenvalue weighted by Crippen LogP contribution is 2.30. The Morgan fingerprint density at radius 2 is 2.00 bits per heavy atom. The molecule has 0 amide bonds. The molecule has 19 heavy (non-hydrogen) atoms. The minimum atomic E-state index is -0.799. The summed E-state index contributed by atoms with van der Waals surface area (Å²) in [6, 6.07) is 9.51. The number of nitrogens with two attached hydrogens (primary N) is 1. The van der Waals surface area contributed by atoms with Crippen LogP contribution in [0.2, 0.25) is 0 Å². The van der Waals surface area contributed by atoms with Crippen LogP contribution >= 0.6 is 0 Å². The molecule has 0 aliphatic rings. The molecule has 4 nitrogen and oxygen atoms in total. The summed E-state index contributed by atoms with van der Waals surface area (Å²) in [7, 11) is 0. The molecule has 3 N–H and O–H groups in total. The van der Waals surface area contributed by atoms with Crippen molar-refractivity contribution >= 4 is 5.97 Å². The van der Waals surface area contributed by atoms with Crippen molar-refractivity contribution in [3.8, 4) is 0 Å². The molecule has 0 bridgehead atoms. The van der Waals surface area contributed by atoms with Gasteiger partial charge in [0.05, 0.1) is 6.61 Å². The van der Waals surface area contributed by atoms with Crippen molar-refractivity contribution in [3.63, 3.8) is 0 Å². The van der Waals surface area contributed by atoms with Crippen molar-refractivity contribution in [2.75, 3.05) is 19.8 Å². The maximum atomic E-state index is 12.3. The predicted molar refractivity (Wildman–Crippen MR) is 74.7 cm³/mol. The zero-order valence-electron chi connectivity index (χ0n) is 11.5. The minimum absolute atomic E-state index is 0.123. The summed E-state index contributed by atoms with van der Waals surface area (Å²) in [6.45, 7) is 2.46. The largest absolute Gasteiger partial charge is 0.465 e. The summed E-state index contributed by atoms with van der Waals surface area (Å²) >= 11 is 0. The normalized spacial score (nSPS) is 13.8. The van der Waals surface area contributed by atoms with Gasteiger partial charge in [-0.15, -0.1) is 0 Å². The third kappa shape index (κ3) is 3.78. The Labute approximate surface area is 114 Å². The molecule has 0 aliphatic carbocycles. The molecule has 0 aromatic heterocycles. The lowest BCUT2D eigenvalue weighted by molar-refractivity contribution is -0.150. The molecule has 0 heterocycles. The van der Waals surface area contributed by atoms with E-state index in [9.17, 15) is 4.79 Å². The van der Waals surface area contributed by atoms with E-state index in [1.54, 1.807) is 6.92 Å². The van der Waals surface area contributed by atoms with Crippen LogP contribution in [0.3, 0.4) is 0 Å². The summed E-state index contributed by atoms with van der Waals surface area (Å²) in [5.74, 6) is -0.276. The molecule has 4 heteroatoms. The van der Waals surface area contributed by atoms with Gasteiger partial charge < -0.3 is 15.6 Å². The van der Waals surface area contributed by atoms with E-state index in [0.717, 1.165) is 12.0 Å². The number of carbonyl (C=O) groups excluding carboxylic acids is 1. The van der Waals surface area contributed by atoms with E-state index < -0.39 is 5.41 Å². The fourth-order valence-corrected chi connectivity index (χ4v) is 2.23. The van der Waals surface area contributed by atoms with Gasteiger partial charge in [-0.3, -0.25) is 4.79 Å². The summed E-state index contributed by atoms with van der Waals surface area (Å²) in [5, 5.41) is 8.90. The van der Waals surface area contributed by atoms with Crippen LogP contribution in [0.25, 0.3) is 0 Å². The molecule has 0 aliphatic heterocycles. The molecular formula is C15H23NO3. The number of aliphatic hydroxyl groups excluding tert-OH is 1. The van der Waals surface area contributed by atoms with E-state index in [1.165, 1.54) is 0 Å². The molecule has 0 saturated carbocycles. The number of hydrogen-bond donors (Lipinski definition) is 2. The molecule has 1 aromatic rings. The van der Waals surface area contributed by atoms with Crippen LogP contribution in [0.4, 0.5) is 0 Å². The zero-order chi connectivity index (χ0) is 14.1. The predicted octanol–water partition coefficient (Wildman–Crippen LogP) is 1.61. The average molecular weight is 265 g/mol. The second-order valence-electron chi connectivity index (χ2n) is 4.55.